The van der Waals surface area contributed by atoms with Gasteiger partial charge in [0.05, 0.1) is 11.7 Å². The summed E-state index contributed by atoms with van der Waals surface area (Å²) in [4.78, 5) is 14.8. The second-order valence-electron chi connectivity index (χ2n) is 7.14. The van der Waals surface area contributed by atoms with Gasteiger partial charge in [-0.15, -0.1) is 0 Å². The molecule has 1 aromatic heterocycles. The van der Waals surface area contributed by atoms with Gasteiger partial charge in [-0.3, -0.25) is 9.48 Å². The molecule has 146 valence electrons. The van der Waals surface area contributed by atoms with Crippen LogP contribution in [0.5, 0.6) is 0 Å². The number of benzene rings is 2. The lowest BCUT2D eigenvalue weighted by Gasteiger charge is -2.29. The van der Waals surface area contributed by atoms with Crippen LogP contribution in [-0.2, 0) is 18.3 Å². The summed E-state index contributed by atoms with van der Waals surface area (Å²) in [5, 5.41) is 4.43. The highest BCUT2D eigenvalue weighted by Gasteiger charge is 2.24. The third-order valence-corrected chi connectivity index (χ3v) is 5.33. The molecule has 1 heterocycles. The molecular formula is C23H26FN3O. The summed E-state index contributed by atoms with van der Waals surface area (Å²) in [5.74, 6) is -0.243. The van der Waals surface area contributed by atoms with Crippen molar-refractivity contribution in [3.05, 3.63) is 88.5 Å². The average molecular weight is 379 g/mol. The van der Waals surface area contributed by atoms with Crippen LogP contribution in [0.1, 0.15) is 40.5 Å². The summed E-state index contributed by atoms with van der Waals surface area (Å²) >= 11 is 0. The van der Waals surface area contributed by atoms with Crippen molar-refractivity contribution in [2.24, 2.45) is 7.05 Å². The number of rotatable bonds is 6. The van der Waals surface area contributed by atoms with Crippen molar-refractivity contribution < 1.29 is 9.18 Å². The van der Waals surface area contributed by atoms with Gasteiger partial charge in [0, 0.05) is 26.2 Å². The van der Waals surface area contributed by atoms with Crippen LogP contribution in [0.25, 0.3) is 0 Å². The number of hydrogen-bond donors (Lipinski definition) is 0. The number of carbonyl (C=O) groups excluding carboxylic acids is 1. The van der Waals surface area contributed by atoms with Gasteiger partial charge in [0.15, 0.2) is 0 Å². The molecule has 0 saturated heterocycles. The maximum atomic E-state index is 13.4. The number of nitrogens with zero attached hydrogens (tertiary/aromatic N) is 3. The number of amides is 1. The third-order valence-electron chi connectivity index (χ3n) is 5.33. The fourth-order valence-electron chi connectivity index (χ4n) is 3.65. The number of aromatic nitrogens is 2. The van der Waals surface area contributed by atoms with Crippen molar-refractivity contribution in [1.82, 2.24) is 14.7 Å². The van der Waals surface area contributed by atoms with Crippen LogP contribution >= 0.6 is 0 Å². The van der Waals surface area contributed by atoms with E-state index in [0.29, 0.717) is 12.8 Å². The number of hydrogen-bond acceptors (Lipinski definition) is 2. The van der Waals surface area contributed by atoms with Crippen LogP contribution in [0.2, 0.25) is 0 Å². The van der Waals surface area contributed by atoms with E-state index in [1.807, 2.05) is 63.0 Å². The van der Waals surface area contributed by atoms with Gasteiger partial charge >= 0.3 is 0 Å². The predicted octanol–water partition coefficient (Wildman–Crippen LogP) is 4.36. The van der Waals surface area contributed by atoms with Crippen LogP contribution < -0.4 is 0 Å². The highest BCUT2D eigenvalue weighted by Crippen LogP contribution is 2.28. The summed E-state index contributed by atoms with van der Waals surface area (Å²) in [5.41, 5.74) is 5.07. The first-order valence-corrected chi connectivity index (χ1v) is 9.43. The van der Waals surface area contributed by atoms with Crippen LogP contribution in [0.15, 0.2) is 54.6 Å². The quantitative estimate of drug-likeness (QED) is 0.638. The lowest BCUT2D eigenvalue weighted by Crippen LogP contribution is -2.32. The Morgan fingerprint density at radius 2 is 1.68 bits per heavy atom. The Labute approximate surface area is 165 Å². The summed E-state index contributed by atoms with van der Waals surface area (Å²) in [6.45, 7) is 4.00. The first kappa shape index (κ1) is 19.8. The van der Waals surface area contributed by atoms with Crippen molar-refractivity contribution in [1.29, 1.82) is 0 Å². The zero-order chi connectivity index (χ0) is 20.3. The van der Waals surface area contributed by atoms with Crippen molar-refractivity contribution in [3.63, 3.8) is 0 Å². The predicted molar refractivity (Wildman–Crippen MR) is 108 cm³/mol. The van der Waals surface area contributed by atoms with Crippen LogP contribution in [0.4, 0.5) is 4.39 Å². The van der Waals surface area contributed by atoms with Gasteiger partial charge in [-0.05, 0) is 49.1 Å². The van der Waals surface area contributed by atoms with Crippen molar-refractivity contribution in [2.75, 3.05) is 7.05 Å². The van der Waals surface area contributed by atoms with E-state index in [4.69, 9.17) is 0 Å². The maximum absolute atomic E-state index is 13.4. The molecule has 0 radical (unpaired) electrons. The molecule has 1 amide bonds. The van der Waals surface area contributed by atoms with E-state index in [1.54, 1.807) is 17.0 Å². The first-order valence-electron chi connectivity index (χ1n) is 9.43. The zero-order valence-electron chi connectivity index (χ0n) is 16.8. The Morgan fingerprint density at radius 1 is 1.07 bits per heavy atom. The standard InChI is InChI=1S/C23H26FN3O/c1-16-21(17(2)27(4)25-16)14-15-22(28)26(3)23(18-8-6-5-7-9-18)19-10-12-20(24)13-11-19/h5-13,23H,14-15H2,1-4H3. The monoisotopic (exact) mass is 379 g/mol. The molecule has 0 spiro atoms. The topological polar surface area (TPSA) is 38.1 Å². The van der Waals surface area contributed by atoms with E-state index in [-0.39, 0.29) is 17.8 Å². The lowest BCUT2D eigenvalue weighted by atomic mass is 9.96. The van der Waals surface area contributed by atoms with Crippen molar-refractivity contribution >= 4 is 5.91 Å². The molecule has 5 heteroatoms. The molecule has 0 bridgehead atoms. The van der Waals surface area contributed by atoms with Crippen molar-refractivity contribution in [2.45, 2.75) is 32.7 Å². The summed E-state index contributed by atoms with van der Waals surface area (Å²) in [6.07, 6.45) is 1.05. The Hall–Kier alpha value is -2.95. The molecule has 1 unspecified atom stereocenters. The number of aryl methyl sites for hydroxylation is 2. The molecule has 0 aliphatic rings. The molecule has 4 nitrogen and oxygen atoms in total. The minimum atomic E-state index is -0.285. The largest absolute Gasteiger partial charge is 0.335 e. The molecule has 3 rings (SSSR count). The maximum Gasteiger partial charge on any atom is 0.223 e. The molecule has 1 atom stereocenters. The van der Waals surface area contributed by atoms with Crippen LogP contribution in [0.3, 0.4) is 0 Å². The Balaban J connectivity index is 1.83. The third kappa shape index (κ3) is 4.14. The lowest BCUT2D eigenvalue weighted by molar-refractivity contribution is -0.131. The van der Waals surface area contributed by atoms with Gasteiger partial charge in [0.2, 0.25) is 5.91 Å². The zero-order valence-corrected chi connectivity index (χ0v) is 16.8. The van der Waals surface area contributed by atoms with E-state index < -0.39 is 0 Å². The number of halogens is 1. The smallest absolute Gasteiger partial charge is 0.223 e. The van der Waals surface area contributed by atoms with Gasteiger partial charge in [0.25, 0.3) is 0 Å². The van der Waals surface area contributed by atoms with E-state index in [0.717, 1.165) is 28.1 Å². The van der Waals surface area contributed by atoms with E-state index in [1.165, 1.54) is 12.1 Å². The fourth-order valence-corrected chi connectivity index (χ4v) is 3.65. The van der Waals surface area contributed by atoms with Crippen LogP contribution in [-0.4, -0.2) is 27.6 Å². The summed E-state index contributed by atoms with van der Waals surface area (Å²) < 4.78 is 15.3. The molecule has 2 aromatic carbocycles. The molecular weight excluding hydrogens is 353 g/mol. The highest BCUT2D eigenvalue weighted by molar-refractivity contribution is 5.77. The minimum absolute atomic E-state index is 0.0424. The van der Waals surface area contributed by atoms with E-state index >= 15 is 0 Å². The Morgan fingerprint density at radius 3 is 2.25 bits per heavy atom. The molecule has 3 aromatic rings. The average Bonchev–Trinajstić information content (AvgIpc) is 2.94. The first-order chi connectivity index (χ1) is 13.4. The molecule has 0 saturated carbocycles. The SMILES string of the molecule is Cc1nn(C)c(C)c1CCC(=O)N(C)C(c1ccccc1)c1ccc(F)cc1. The highest BCUT2D eigenvalue weighted by atomic mass is 19.1. The fraction of sp³-hybridized carbons (Fsp3) is 0.304. The van der Waals surface area contributed by atoms with Gasteiger partial charge < -0.3 is 4.90 Å². The Kier molecular flexibility index (Phi) is 5.93. The van der Waals surface area contributed by atoms with E-state index in [2.05, 4.69) is 5.10 Å². The second kappa shape index (κ2) is 8.38. The summed E-state index contributed by atoms with van der Waals surface area (Å²) in [7, 11) is 3.73. The van der Waals surface area contributed by atoms with Gasteiger partial charge in [-0.25, -0.2) is 4.39 Å². The second-order valence-corrected chi connectivity index (χ2v) is 7.14. The molecule has 28 heavy (non-hydrogen) atoms. The summed E-state index contributed by atoms with van der Waals surface area (Å²) in [6, 6.07) is 15.9. The number of carbonyl (C=O) groups is 1. The van der Waals surface area contributed by atoms with Gasteiger partial charge in [-0.1, -0.05) is 42.5 Å². The molecule has 0 aliphatic carbocycles. The molecule has 0 N–H and O–H groups in total. The normalized spacial score (nSPS) is 12.0. The molecule has 0 fully saturated rings. The Bertz CT molecular complexity index is 948. The van der Waals surface area contributed by atoms with Crippen molar-refractivity contribution in [3.8, 4) is 0 Å². The van der Waals surface area contributed by atoms with Gasteiger partial charge in [0.1, 0.15) is 5.82 Å². The molecule has 0 aliphatic heterocycles. The van der Waals surface area contributed by atoms with Crippen LogP contribution in [0, 0.1) is 19.7 Å². The van der Waals surface area contributed by atoms with E-state index in [9.17, 15) is 9.18 Å². The van der Waals surface area contributed by atoms with Gasteiger partial charge in [-0.2, -0.15) is 5.10 Å². The minimum Gasteiger partial charge on any atom is -0.335 e.